The van der Waals surface area contributed by atoms with Gasteiger partial charge in [0.1, 0.15) is 11.9 Å². The summed E-state index contributed by atoms with van der Waals surface area (Å²) in [6.45, 7) is 0. The number of Topliss-reactive ketones (excluding diaryl/α,β-unsaturated/α-hetero) is 1. The normalized spacial score (nSPS) is 24.6. The van der Waals surface area contributed by atoms with Gasteiger partial charge in [0.2, 0.25) is 0 Å². The number of ether oxygens (including phenoxy) is 1. The van der Waals surface area contributed by atoms with Gasteiger partial charge in [-0.15, -0.1) is 0 Å². The average molecular weight is 375 g/mol. The van der Waals surface area contributed by atoms with Gasteiger partial charge in [-0.1, -0.05) is 41.4 Å². The third-order valence-corrected chi connectivity index (χ3v) is 5.88. The van der Waals surface area contributed by atoms with Gasteiger partial charge in [-0.2, -0.15) is 0 Å². The number of carbonyl (C=O) groups excluding carboxylic acids is 2. The maximum absolute atomic E-state index is 12.8. The van der Waals surface area contributed by atoms with E-state index in [4.69, 9.17) is 27.9 Å². The first kappa shape index (κ1) is 16.6. The van der Waals surface area contributed by atoms with Crippen LogP contribution in [-0.2, 0) is 16.0 Å². The maximum Gasteiger partial charge on any atom is 0.338 e. The van der Waals surface area contributed by atoms with Gasteiger partial charge in [0, 0.05) is 5.92 Å². The third kappa shape index (κ3) is 2.96. The Bertz CT molecular complexity index is 848. The molecule has 3 nitrogen and oxygen atoms in total. The lowest BCUT2D eigenvalue weighted by molar-refractivity contribution is -0.132. The smallest absolute Gasteiger partial charge is 0.338 e. The first-order valence-corrected chi connectivity index (χ1v) is 9.08. The van der Waals surface area contributed by atoms with Crippen LogP contribution >= 0.6 is 23.2 Å². The SMILES string of the molecule is O=C(O[C@@H]1CC[C@H]2C(=O)[C@@H]1Cc1cc(Cl)c(Cl)cc12)c1ccccc1. The Morgan fingerprint density at radius 2 is 1.76 bits per heavy atom. The Kier molecular flexibility index (Phi) is 4.30. The monoisotopic (exact) mass is 374 g/mol. The number of benzene rings is 2. The largest absolute Gasteiger partial charge is 0.458 e. The van der Waals surface area contributed by atoms with Gasteiger partial charge in [-0.05, 0) is 54.7 Å². The van der Waals surface area contributed by atoms with Crippen LogP contribution in [0.25, 0.3) is 0 Å². The van der Waals surface area contributed by atoms with Crippen molar-refractivity contribution in [3.8, 4) is 0 Å². The highest BCUT2D eigenvalue weighted by atomic mass is 35.5. The number of hydrogen-bond donors (Lipinski definition) is 0. The number of fused-ring (bicyclic) bond motifs is 4. The van der Waals surface area contributed by atoms with Crippen molar-refractivity contribution in [3.63, 3.8) is 0 Å². The van der Waals surface area contributed by atoms with Crippen molar-refractivity contribution < 1.29 is 14.3 Å². The van der Waals surface area contributed by atoms with Crippen molar-refractivity contribution in [1.29, 1.82) is 0 Å². The quantitative estimate of drug-likeness (QED) is 0.706. The Morgan fingerprint density at radius 3 is 2.52 bits per heavy atom. The van der Waals surface area contributed by atoms with Gasteiger partial charge in [0.25, 0.3) is 0 Å². The zero-order chi connectivity index (χ0) is 17.6. The van der Waals surface area contributed by atoms with E-state index in [0.29, 0.717) is 34.9 Å². The second-order valence-electron chi connectivity index (χ2n) is 6.62. The Labute approximate surface area is 155 Å². The van der Waals surface area contributed by atoms with E-state index in [1.807, 2.05) is 18.2 Å². The molecule has 0 spiro atoms. The lowest BCUT2D eigenvalue weighted by atomic mass is 9.67. The highest BCUT2D eigenvalue weighted by Crippen LogP contribution is 2.44. The van der Waals surface area contributed by atoms with E-state index in [-0.39, 0.29) is 29.7 Å². The minimum atomic E-state index is -0.390. The minimum absolute atomic E-state index is 0.142. The van der Waals surface area contributed by atoms with E-state index < -0.39 is 0 Å². The van der Waals surface area contributed by atoms with Gasteiger partial charge < -0.3 is 4.74 Å². The van der Waals surface area contributed by atoms with Crippen LogP contribution in [0.4, 0.5) is 0 Å². The average Bonchev–Trinajstić information content (AvgIpc) is 2.60. The van der Waals surface area contributed by atoms with E-state index in [0.717, 1.165) is 11.1 Å². The first-order chi connectivity index (χ1) is 12.0. The van der Waals surface area contributed by atoms with Crippen LogP contribution < -0.4 is 0 Å². The fourth-order valence-corrected chi connectivity index (χ4v) is 4.28. The fraction of sp³-hybridized carbons (Fsp3) is 0.300. The highest BCUT2D eigenvalue weighted by Gasteiger charge is 2.45. The molecule has 0 radical (unpaired) electrons. The summed E-state index contributed by atoms with van der Waals surface area (Å²) in [4.78, 5) is 25.2. The molecule has 2 aromatic rings. The predicted molar refractivity (Wildman–Crippen MR) is 96.3 cm³/mol. The van der Waals surface area contributed by atoms with Crippen molar-refractivity contribution in [2.45, 2.75) is 31.3 Å². The molecule has 2 aromatic carbocycles. The van der Waals surface area contributed by atoms with Crippen molar-refractivity contribution in [2.24, 2.45) is 5.92 Å². The van der Waals surface area contributed by atoms with Crippen LogP contribution in [0.5, 0.6) is 0 Å². The van der Waals surface area contributed by atoms with Gasteiger partial charge in [0.15, 0.2) is 0 Å². The summed E-state index contributed by atoms with van der Waals surface area (Å²) >= 11 is 12.3. The second kappa shape index (κ2) is 6.47. The maximum atomic E-state index is 12.8. The molecule has 2 aliphatic carbocycles. The van der Waals surface area contributed by atoms with Crippen molar-refractivity contribution in [1.82, 2.24) is 0 Å². The van der Waals surface area contributed by atoms with Crippen LogP contribution in [0, 0.1) is 5.92 Å². The lowest BCUT2D eigenvalue weighted by Gasteiger charge is -2.39. The molecule has 25 heavy (non-hydrogen) atoms. The number of carbonyl (C=O) groups is 2. The summed E-state index contributed by atoms with van der Waals surface area (Å²) < 4.78 is 5.68. The molecule has 0 aliphatic heterocycles. The summed E-state index contributed by atoms with van der Waals surface area (Å²) in [5, 5.41) is 0.968. The Hall–Kier alpha value is -1.84. The molecule has 3 atom stereocenters. The molecular weight excluding hydrogens is 359 g/mol. The Balaban J connectivity index is 1.60. The van der Waals surface area contributed by atoms with E-state index in [2.05, 4.69) is 0 Å². The van der Waals surface area contributed by atoms with Gasteiger partial charge in [0.05, 0.1) is 21.5 Å². The molecule has 1 fully saturated rings. The third-order valence-electron chi connectivity index (χ3n) is 5.16. The van der Waals surface area contributed by atoms with Crippen LogP contribution in [-0.4, -0.2) is 17.9 Å². The molecule has 1 saturated carbocycles. The summed E-state index contributed by atoms with van der Waals surface area (Å²) in [7, 11) is 0. The lowest BCUT2D eigenvalue weighted by Crippen LogP contribution is -2.44. The fourth-order valence-electron chi connectivity index (χ4n) is 3.92. The number of esters is 1. The molecule has 0 aromatic heterocycles. The second-order valence-corrected chi connectivity index (χ2v) is 7.43. The number of rotatable bonds is 2. The highest BCUT2D eigenvalue weighted by molar-refractivity contribution is 6.42. The predicted octanol–water partition coefficient (Wildman–Crippen LogP) is 4.84. The topological polar surface area (TPSA) is 43.4 Å². The van der Waals surface area contributed by atoms with Gasteiger partial charge in [-0.3, -0.25) is 4.79 Å². The summed E-state index contributed by atoms with van der Waals surface area (Å²) in [5.41, 5.74) is 2.51. The first-order valence-electron chi connectivity index (χ1n) is 8.32. The summed E-state index contributed by atoms with van der Waals surface area (Å²) in [5.74, 6) is -0.717. The summed E-state index contributed by atoms with van der Waals surface area (Å²) in [6.07, 6.45) is 1.49. The van der Waals surface area contributed by atoms with Gasteiger partial charge >= 0.3 is 5.97 Å². The molecule has 0 unspecified atom stereocenters. The van der Waals surface area contributed by atoms with Crippen LogP contribution in [0.1, 0.15) is 40.2 Å². The molecule has 4 rings (SSSR count). The van der Waals surface area contributed by atoms with Gasteiger partial charge in [-0.25, -0.2) is 4.79 Å². The number of hydrogen-bond acceptors (Lipinski definition) is 3. The van der Waals surface area contributed by atoms with E-state index >= 15 is 0 Å². The standard InChI is InChI=1S/C20H16Cl2O3/c21-16-9-12-8-15-18(25-20(24)11-4-2-1-3-5-11)7-6-13(19(15)23)14(12)10-17(16)22/h1-5,9-10,13,15,18H,6-8H2/t13-,15-,18-/m1/s1. The molecular formula is C20H16Cl2O3. The van der Waals surface area contributed by atoms with Crippen molar-refractivity contribution >= 4 is 35.0 Å². The molecule has 0 amide bonds. The van der Waals surface area contributed by atoms with Crippen molar-refractivity contribution in [2.75, 3.05) is 0 Å². The molecule has 0 heterocycles. The van der Waals surface area contributed by atoms with E-state index in [1.54, 1.807) is 24.3 Å². The molecule has 2 bridgehead atoms. The Morgan fingerprint density at radius 1 is 1.04 bits per heavy atom. The van der Waals surface area contributed by atoms with Crippen LogP contribution in [0.15, 0.2) is 42.5 Å². The zero-order valence-electron chi connectivity index (χ0n) is 13.4. The molecule has 128 valence electrons. The molecule has 0 saturated heterocycles. The molecule has 2 aliphatic rings. The van der Waals surface area contributed by atoms with Crippen molar-refractivity contribution in [3.05, 3.63) is 69.2 Å². The number of ketones is 1. The van der Waals surface area contributed by atoms with E-state index in [9.17, 15) is 9.59 Å². The molecule has 5 heteroatoms. The van der Waals surface area contributed by atoms with Crippen LogP contribution in [0.2, 0.25) is 10.0 Å². The van der Waals surface area contributed by atoms with E-state index in [1.165, 1.54) is 0 Å². The molecule has 0 N–H and O–H groups in total. The number of halogens is 2. The van der Waals surface area contributed by atoms with Crippen LogP contribution in [0.3, 0.4) is 0 Å². The zero-order valence-corrected chi connectivity index (χ0v) is 14.9. The minimum Gasteiger partial charge on any atom is -0.458 e. The summed E-state index contributed by atoms with van der Waals surface area (Å²) in [6, 6.07) is 12.5.